The van der Waals surface area contributed by atoms with Crippen LogP contribution in [0.3, 0.4) is 0 Å². The van der Waals surface area contributed by atoms with Crippen LogP contribution in [0.15, 0.2) is 0 Å². The molecular weight excluding hydrogens is 136 g/mol. The lowest BCUT2D eigenvalue weighted by atomic mass is 11.6. The van der Waals surface area contributed by atoms with Gasteiger partial charge in [-0.2, -0.15) is 0 Å². The zero-order valence-corrected chi connectivity index (χ0v) is 7.82. The number of rotatable bonds is 2. The van der Waals surface area contributed by atoms with Crippen LogP contribution in [0.4, 0.5) is 0 Å². The van der Waals surface area contributed by atoms with E-state index in [2.05, 4.69) is 27.6 Å². The Balaban J connectivity index is 3.71. The Hall–Kier alpha value is 0.354. The molecule has 4 heteroatoms. The lowest BCUT2D eigenvalue weighted by molar-refractivity contribution is 0.0717. The zero-order chi connectivity index (χ0) is 6.78. The van der Waals surface area contributed by atoms with Crippen molar-refractivity contribution in [3.05, 3.63) is 0 Å². The minimum Gasteiger partial charge on any atom is -0.504 e. The van der Waals surface area contributed by atoms with Crippen molar-refractivity contribution in [3.63, 3.8) is 0 Å². The fourth-order valence-corrected chi connectivity index (χ4v) is 0.750. The molecule has 8 heavy (non-hydrogen) atoms. The Morgan fingerprint density at radius 1 is 1.38 bits per heavy atom. The molecule has 0 N–H and O–H groups in total. The SMILES string of the molecule is C[O+](C)[Si](C)(C)O[Si]. The molecule has 0 bridgehead atoms. The van der Waals surface area contributed by atoms with E-state index < -0.39 is 8.56 Å². The summed E-state index contributed by atoms with van der Waals surface area (Å²) in [5, 5.41) is 0. The van der Waals surface area contributed by atoms with Gasteiger partial charge >= 0.3 is 8.56 Å². The first-order valence-corrected chi connectivity index (χ1v) is 5.65. The first kappa shape index (κ1) is 8.35. The molecule has 0 amide bonds. The van der Waals surface area contributed by atoms with Crippen LogP contribution in [0.1, 0.15) is 0 Å². The van der Waals surface area contributed by atoms with E-state index in [-0.39, 0.29) is 0 Å². The first-order chi connectivity index (χ1) is 3.50. The van der Waals surface area contributed by atoms with E-state index in [9.17, 15) is 0 Å². The van der Waals surface area contributed by atoms with Gasteiger partial charge in [0, 0.05) is 13.1 Å². The molecule has 0 heterocycles. The van der Waals surface area contributed by atoms with E-state index in [1.165, 1.54) is 0 Å². The van der Waals surface area contributed by atoms with E-state index in [0.29, 0.717) is 0 Å². The Bertz CT molecular complexity index is 72.4. The van der Waals surface area contributed by atoms with Gasteiger partial charge in [0.2, 0.25) is 10.5 Å². The minimum atomic E-state index is -1.59. The van der Waals surface area contributed by atoms with E-state index in [0.717, 1.165) is 0 Å². The molecule has 2 nitrogen and oxygen atoms in total. The van der Waals surface area contributed by atoms with Crippen LogP contribution in [0.5, 0.6) is 0 Å². The maximum absolute atomic E-state index is 5.03. The van der Waals surface area contributed by atoms with Crippen molar-refractivity contribution in [2.75, 3.05) is 14.2 Å². The summed E-state index contributed by atoms with van der Waals surface area (Å²) in [5.41, 5.74) is 0. The molecular formula is C4H12O2Si2+. The average molecular weight is 148 g/mol. The van der Waals surface area contributed by atoms with Gasteiger partial charge in [0.1, 0.15) is 14.2 Å². The topological polar surface area (TPSA) is 11.9 Å². The lowest BCUT2D eigenvalue weighted by Gasteiger charge is -2.22. The van der Waals surface area contributed by atoms with E-state index in [1.54, 1.807) is 0 Å². The second-order valence-electron chi connectivity index (χ2n) is 2.32. The maximum atomic E-state index is 5.03. The highest BCUT2D eigenvalue weighted by Crippen LogP contribution is 2.07. The lowest BCUT2D eigenvalue weighted by Crippen LogP contribution is -2.40. The summed E-state index contributed by atoms with van der Waals surface area (Å²) >= 11 is 0. The summed E-state index contributed by atoms with van der Waals surface area (Å²) < 4.78 is 7.86. The summed E-state index contributed by atoms with van der Waals surface area (Å²) in [5.74, 6) is 0. The zero-order valence-electron chi connectivity index (χ0n) is 5.82. The molecule has 0 saturated carbocycles. The van der Waals surface area contributed by atoms with Crippen LogP contribution in [-0.4, -0.2) is 33.3 Å². The van der Waals surface area contributed by atoms with Crippen LogP contribution < -0.4 is 0 Å². The van der Waals surface area contributed by atoms with Crippen LogP contribution in [0.2, 0.25) is 13.1 Å². The molecule has 0 aromatic rings. The molecule has 3 radical (unpaired) electrons. The molecule has 0 unspecified atom stereocenters. The number of hydrogen-bond donors (Lipinski definition) is 0. The van der Waals surface area contributed by atoms with Gasteiger partial charge in [-0.15, -0.1) is 0 Å². The third-order valence-electron chi connectivity index (χ3n) is 1.23. The smallest absolute Gasteiger partial charge is 0.504 e. The standard InChI is InChI=1S/C4H12O2Si2/c1-6(2)8(3,4)5-7/h1-4H3/q+1. The molecule has 0 saturated heterocycles. The Morgan fingerprint density at radius 2 is 1.75 bits per heavy atom. The van der Waals surface area contributed by atoms with Crippen molar-refractivity contribution in [2.24, 2.45) is 0 Å². The normalized spacial score (nSPS) is 12.8. The van der Waals surface area contributed by atoms with Crippen molar-refractivity contribution < 1.29 is 8.17 Å². The highest BCUT2D eigenvalue weighted by molar-refractivity contribution is 6.68. The Labute approximate surface area is 55.3 Å². The van der Waals surface area contributed by atoms with Crippen molar-refractivity contribution in [1.29, 1.82) is 0 Å². The fraction of sp³-hybridized carbons (Fsp3) is 1.00. The van der Waals surface area contributed by atoms with E-state index in [4.69, 9.17) is 4.12 Å². The summed E-state index contributed by atoms with van der Waals surface area (Å²) in [6.07, 6.45) is 0. The van der Waals surface area contributed by atoms with Crippen molar-refractivity contribution >= 4 is 19.0 Å². The molecule has 0 spiro atoms. The average Bonchev–Trinajstić information content (AvgIpc) is 1.67. The van der Waals surface area contributed by atoms with Gasteiger partial charge in [-0.05, 0) is 0 Å². The highest BCUT2D eigenvalue weighted by atomic mass is 28.4. The quantitative estimate of drug-likeness (QED) is 0.412. The highest BCUT2D eigenvalue weighted by Gasteiger charge is 2.35. The van der Waals surface area contributed by atoms with Gasteiger partial charge in [0.15, 0.2) is 0 Å². The third kappa shape index (κ3) is 2.08. The molecule has 0 aromatic heterocycles. The third-order valence-corrected chi connectivity index (χ3v) is 5.16. The van der Waals surface area contributed by atoms with E-state index in [1.807, 2.05) is 14.2 Å². The van der Waals surface area contributed by atoms with Crippen molar-refractivity contribution in [1.82, 2.24) is 0 Å². The molecule has 0 rings (SSSR count). The van der Waals surface area contributed by atoms with Crippen LogP contribution >= 0.6 is 0 Å². The first-order valence-electron chi connectivity index (χ1n) is 2.43. The minimum absolute atomic E-state index is 1.59. The largest absolute Gasteiger partial charge is 0.527 e. The van der Waals surface area contributed by atoms with Crippen LogP contribution in [-0.2, 0) is 8.17 Å². The van der Waals surface area contributed by atoms with Crippen molar-refractivity contribution in [2.45, 2.75) is 13.1 Å². The Kier molecular flexibility index (Phi) is 2.89. The van der Waals surface area contributed by atoms with Crippen LogP contribution in [0.25, 0.3) is 0 Å². The number of hydrogen-bond acceptors (Lipinski definition) is 1. The molecule has 0 atom stereocenters. The molecule has 0 fully saturated rings. The van der Waals surface area contributed by atoms with Crippen LogP contribution in [0, 0.1) is 0 Å². The molecule has 0 aliphatic heterocycles. The van der Waals surface area contributed by atoms with Gasteiger partial charge in [0.25, 0.3) is 0 Å². The summed E-state index contributed by atoms with van der Waals surface area (Å²) in [4.78, 5) is 0. The van der Waals surface area contributed by atoms with Crippen molar-refractivity contribution in [3.8, 4) is 0 Å². The van der Waals surface area contributed by atoms with Gasteiger partial charge in [-0.25, -0.2) is 0 Å². The summed E-state index contributed by atoms with van der Waals surface area (Å²) in [6, 6.07) is 0. The molecule has 0 aromatic carbocycles. The summed E-state index contributed by atoms with van der Waals surface area (Å²) in [7, 11) is 5.30. The predicted octanol–water partition coefficient (Wildman–Crippen LogP) is 0.600. The van der Waals surface area contributed by atoms with Gasteiger partial charge in [-0.1, -0.05) is 0 Å². The maximum Gasteiger partial charge on any atom is 0.527 e. The molecule has 47 valence electrons. The fourth-order valence-electron chi connectivity index (χ4n) is 0.0833. The molecule has 0 aliphatic rings. The van der Waals surface area contributed by atoms with E-state index >= 15 is 0 Å². The van der Waals surface area contributed by atoms with Gasteiger partial charge < -0.3 is 8.17 Å². The van der Waals surface area contributed by atoms with Gasteiger partial charge in [-0.3, -0.25) is 0 Å². The second-order valence-corrected chi connectivity index (χ2v) is 6.75. The monoisotopic (exact) mass is 148 g/mol. The predicted molar refractivity (Wildman–Crippen MR) is 37.3 cm³/mol. The second kappa shape index (κ2) is 2.77. The summed E-state index contributed by atoms with van der Waals surface area (Å²) in [6.45, 7) is 4.15. The molecule has 0 aliphatic carbocycles. The van der Waals surface area contributed by atoms with Gasteiger partial charge in [0.05, 0.1) is 0 Å². The Morgan fingerprint density at radius 3 is 1.75 bits per heavy atom.